The Bertz CT molecular complexity index is 741. The second-order valence-corrected chi connectivity index (χ2v) is 11.0. The van der Waals surface area contributed by atoms with Crippen molar-refractivity contribution in [2.75, 3.05) is 6.61 Å². The van der Waals surface area contributed by atoms with Crippen LogP contribution in [0.3, 0.4) is 0 Å². The molecule has 2 heteroatoms. The number of halogens is 1. The van der Waals surface area contributed by atoms with Gasteiger partial charge in [-0.3, -0.25) is 0 Å². The molecule has 5 atom stereocenters. The molecule has 0 saturated heterocycles. The molecule has 5 unspecified atom stereocenters. The molecule has 0 amide bonds. The Morgan fingerprint density at radius 2 is 1.78 bits per heavy atom. The van der Waals surface area contributed by atoms with Crippen LogP contribution in [0.4, 0.5) is 4.39 Å². The first-order valence-electron chi connectivity index (χ1n) is 13.7. The summed E-state index contributed by atoms with van der Waals surface area (Å²) in [5.74, 6) is 2.80. The summed E-state index contributed by atoms with van der Waals surface area (Å²) in [6.07, 6.45) is 21.1. The van der Waals surface area contributed by atoms with Crippen LogP contribution in [0.1, 0.15) is 113 Å². The smallest absolute Gasteiger partial charge is 0.126 e. The molecule has 1 aromatic rings. The van der Waals surface area contributed by atoms with E-state index in [0.717, 1.165) is 49.0 Å². The van der Waals surface area contributed by atoms with Crippen molar-refractivity contribution in [3.63, 3.8) is 0 Å². The molecule has 1 aromatic carbocycles. The minimum absolute atomic E-state index is 0.0822. The van der Waals surface area contributed by atoms with E-state index in [0.29, 0.717) is 18.6 Å². The number of rotatable bonds is 10. The van der Waals surface area contributed by atoms with Crippen molar-refractivity contribution in [1.29, 1.82) is 0 Å². The van der Waals surface area contributed by atoms with Crippen LogP contribution in [0, 0.1) is 23.6 Å². The SMILES string of the molecule is C=CCOC1CCC2CC(c3cc4c(cc3F)CC(CCCCCCC)CC4)CCC2C1. The first-order valence-corrected chi connectivity index (χ1v) is 13.7. The van der Waals surface area contributed by atoms with Gasteiger partial charge in [0.25, 0.3) is 0 Å². The van der Waals surface area contributed by atoms with E-state index in [2.05, 4.69) is 19.6 Å². The zero-order valence-corrected chi connectivity index (χ0v) is 20.4. The molecule has 0 aromatic heterocycles. The number of ether oxygens (including phenoxy) is 1. The third-order valence-corrected chi connectivity index (χ3v) is 8.82. The number of hydrogen-bond acceptors (Lipinski definition) is 1. The van der Waals surface area contributed by atoms with Crippen LogP contribution in [-0.2, 0) is 17.6 Å². The van der Waals surface area contributed by atoms with Gasteiger partial charge >= 0.3 is 0 Å². The maximum Gasteiger partial charge on any atom is 0.126 e. The van der Waals surface area contributed by atoms with E-state index in [1.54, 1.807) is 0 Å². The van der Waals surface area contributed by atoms with Gasteiger partial charge in [-0.15, -0.1) is 6.58 Å². The third-order valence-electron chi connectivity index (χ3n) is 8.82. The minimum Gasteiger partial charge on any atom is -0.374 e. The summed E-state index contributed by atoms with van der Waals surface area (Å²) in [5.41, 5.74) is 3.79. The minimum atomic E-state index is 0.0822. The summed E-state index contributed by atoms with van der Waals surface area (Å²) in [5, 5.41) is 0. The Morgan fingerprint density at radius 1 is 0.969 bits per heavy atom. The van der Waals surface area contributed by atoms with E-state index in [4.69, 9.17) is 4.74 Å². The Hall–Kier alpha value is -1.15. The van der Waals surface area contributed by atoms with E-state index in [9.17, 15) is 0 Å². The average Bonchev–Trinajstić information content (AvgIpc) is 2.81. The lowest BCUT2D eigenvalue weighted by molar-refractivity contribution is -0.00325. The topological polar surface area (TPSA) is 9.23 Å². The second-order valence-electron chi connectivity index (χ2n) is 11.0. The number of fused-ring (bicyclic) bond motifs is 2. The van der Waals surface area contributed by atoms with Crippen LogP contribution in [0.25, 0.3) is 0 Å². The third kappa shape index (κ3) is 6.04. The highest BCUT2D eigenvalue weighted by Gasteiger charge is 2.37. The Kier molecular flexibility index (Phi) is 8.86. The van der Waals surface area contributed by atoms with Gasteiger partial charge in [0.2, 0.25) is 0 Å². The molecule has 178 valence electrons. The van der Waals surface area contributed by atoms with E-state index in [1.807, 2.05) is 12.1 Å². The van der Waals surface area contributed by atoms with Crippen LogP contribution < -0.4 is 0 Å². The van der Waals surface area contributed by atoms with Crippen molar-refractivity contribution in [2.45, 2.75) is 115 Å². The van der Waals surface area contributed by atoms with Crippen molar-refractivity contribution in [2.24, 2.45) is 17.8 Å². The number of aryl methyl sites for hydroxylation is 1. The van der Waals surface area contributed by atoms with Crippen LogP contribution in [0.5, 0.6) is 0 Å². The van der Waals surface area contributed by atoms with Gasteiger partial charge in [0.15, 0.2) is 0 Å². The lowest BCUT2D eigenvalue weighted by Gasteiger charge is -2.42. The molecule has 0 aliphatic heterocycles. The van der Waals surface area contributed by atoms with Crippen LogP contribution >= 0.6 is 0 Å². The molecular formula is C30H45FO. The summed E-state index contributed by atoms with van der Waals surface area (Å²) in [6.45, 7) is 6.72. The Labute approximate surface area is 196 Å². The Balaban J connectivity index is 1.32. The van der Waals surface area contributed by atoms with Crippen molar-refractivity contribution in [1.82, 2.24) is 0 Å². The van der Waals surface area contributed by atoms with Gasteiger partial charge < -0.3 is 4.74 Å². The summed E-state index contributed by atoms with van der Waals surface area (Å²) in [4.78, 5) is 0. The quantitative estimate of drug-likeness (QED) is 0.261. The average molecular weight is 441 g/mol. The summed E-state index contributed by atoms with van der Waals surface area (Å²) in [6, 6.07) is 4.21. The fraction of sp³-hybridized carbons (Fsp3) is 0.733. The second kappa shape index (κ2) is 11.8. The van der Waals surface area contributed by atoms with E-state index >= 15 is 4.39 Å². The fourth-order valence-corrected chi connectivity index (χ4v) is 6.95. The highest BCUT2D eigenvalue weighted by atomic mass is 19.1. The molecule has 0 N–H and O–H groups in total. The van der Waals surface area contributed by atoms with Gasteiger partial charge in [0.1, 0.15) is 5.82 Å². The molecule has 0 radical (unpaired) electrons. The maximum absolute atomic E-state index is 15.3. The van der Waals surface area contributed by atoms with Gasteiger partial charge in [-0.25, -0.2) is 4.39 Å². The highest BCUT2D eigenvalue weighted by molar-refractivity contribution is 5.37. The van der Waals surface area contributed by atoms with Gasteiger partial charge in [-0.1, -0.05) is 57.6 Å². The van der Waals surface area contributed by atoms with E-state index < -0.39 is 0 Å². The first kappa shape index (κ1) is 24.0. The summed E-state index contributed by atoms with van der Waals surface area (Å²) in [7, 11) is 0. The number of benzene rings is 1. The molecule has 1 nitrogen and oxygen atoms in total. The maximum atomic E-state index is 15.3. The van der Waals surface area contributed by atoms with Crippen LogP contribution in [-0.4, -0.2) is 12.7 Å². The number of unbranched alkanes of at least 4 members (excludes halogenated alkanes) is 4. The standard InChI is InChI=1S/C30H45FO/c1-3-5-6-7-8-9-22-10-11-25-20-29(30(31)21-27(25)17-22)26-13-12-24-19-28(32-16-4-2)15-14-23(24)18-26/h4,20-24,26,28H,2-3,5-19H2,1H3. The molecular weight excluding hydrogens is 395 g/mol. The fourth-order valence-electron chi connectivity index (χ4n) is 6.95. The van der Waals surface area contributed by atoms with E-state index in [-0.39, 0.29) is 5.82 Å². The lowest BCUT2D eigenvalue weighted by Crippen LogP contribution is -2.34. The van der Waals surface area contributed by atoms with Crippen molar-refractivity contribution < 1.29 is 9.13 Å². The van der Waals surface area contributed by atoms with E-state index in [1.165, 1.54) is 81.8 Å². The highest BCUT2D eigenvalue weighted by Crippen LogP contribution is 2.47. The first-order chi connectivity index (χ1) is 15.7. The van der Waals surface area contributed by atoms with Gasteiger partial charge in [-0.05, 0) is 104 Å². The van der Waals surface area contributed by atoms with Crippen molar-refractivity contribution >= 4 is 0 Å². The van der Waals surface area contributed by atoms with Gasteiger partial charge in [0, 0.05) is 0 Å². The van der Waals surface area contributed by atoms with Gasteiger partial charge in [0.05, 0.1) is 12.7 Å². The monoisotopic (exact) mass is 440 g/mol. The summed E-state index contributed by atoms with van der Waals surface area (Å²) < 4.78 is 21.2. The summed E-state index contributed by atoms with van der Waals surface area (Å²) >= 11 is 0. The predicted octanol–water partition coefficient (Wildman–Crippen LogP) is 8.55. The molecule has 0 spiro atoms. The predicted molar refractivity (Wildman–Crippen MR) is 133 cm³/mol. The molecule has 32 heavy (non-hydrogen) atoms. The molecule has 3 aliphatic rings. The molecule has 2 saturated carbocycles. The zero-order valence-electron chi connectivity index (χ0n) is 20.4. The van der Waals surface area contributed by atoms with Crippen molar-refractivity contribution in [3.8, 4) is 0 Å². The molecule has 0 bridgehead atoms. The van der Waals surface area contributed by atoms with Crippen LogP contribution in [0.15, 0.2) is 24.8 Å². The molecule has 0 heterocycles. The van der Waals surface area contributed by atoms with Crippen molar-refractivity contribution in [3.05, 3.63) is 47.3 Å². The molecule has 4 rings (SSSR count). The van der Waals surface area contributed by atoms with Gasteiger partial charge in [-0.2, -0.15) is 0 Å². The molecule has 2 fully saturated rings. The van der Waals surface area contributed by atoms with Crippen LogP contribution in [0.2, 0.25) is 0 Å². The Morgan fingerprint density at radius 3 is 2.62 bits per heavy atom. The largest absolute Gasteiger partial charge is 0.374 e. The molecule has 3 aliphatic carbocycles. The normalized spacial score (nSPS) is 29.9. The zero-order chi connectivity index (χ0) is 22.3. The number of hydrogen-bond donors (Lipinski definition) is 0. The lowest BCUT2D eigenvalue weighted by atomic mass is 9.65.